The van der Waals surface area contributed by atoms with Gasteiger partial charge in [-0.2, -0.15) is 0 Å². The summed E-state index contributed by atoms with van der Waals surface area (Å²) in [6, 6.07) is 0. The molecule has 2 rings (SSSR count). The highest BCUT2D eigenvalue weighted by Gasteiger charge is 2.17. The Hall–Kier alpha value is 0.350. The van der Waals surface area contributed by atoms with Crippen molar-refractivity contribution in [3.8, 4) is 0 Å². The fraction of sp³-hybridized carbons (Fsp3) is 0.600. The standard InChI is InChI=1S/C10H11Cl2IN2O/c11-9-8(13)10(12)15-7(14-9)5-6-3-1-2-4-16-6/h6H,1-5H2. The van der Waals surface area contributed by atoms with Gasteiger partial charge in [-0.25, -0.2) is 9.97 Å². The van der Waals surface area contributed by atoms with Crippen molar-refractivity contribution in [2.75, 3.05) is 6.61 Å². The van der Waals surface area contributed by atoms with Crippen LogP contribution in [0.3, 0.4) is 0 Å². The highest BCUT2D eigenvalue weighted by atomic mass is 127. The molecular weight excluding hydrogens is 362 g/mol. The molecule has 0 N–H and O–H groups in total. The first-order valence-corrected chi connectivity index (χ1v) is 6.99. The third-order valence-electron chi connectivity index (χ3n) is 2.50. The maximum absolute atomic E-state index is 5.95. The molecular formula is C10H11Cl2IN2O. The molecule has 1 aliphatic rings. The molecule has 0 spiro atoms. The quantitative estimate of drug-likeness (QED) is 0.588. The summed E-state index contributed by atoms with van der Waals surface area (Å²) < 4.78 is 6.33. The smallest absolute Gasteiger partial charge is 0.147 e. The molecule has 0 radical (unpaired) electrons. The molecule has 88 valence electrons. The predicted octanol–water partition coefficient (Wildman–Crippen LogP) is 3.50. The van der Waals surface area contributed by atoms with Crippen LogP contribution in [-0.4, -0.2) is 22.7 Å². The molecule has 1 aromatic rings. The van der Waals surface area contributed by atoms with Crippen LogP contribution in [-0.2, 0) is 11.2 Å². The highest BCUT2D eigenvalue weighted by molar-refractivity contribution is 14.1. The molecule has 1 aromatic heterocycles. The molecule has 16 heavy (non-hydrogen) atoms. The van der Waals surface area contributed by atoms with Gasteiger partial charge < -0.3 is 4.74 Å². The van der Waals surface area contributed by atoms with E-state index >= 15 is 0 Å². The van der Waals surface area contributed by atoms with Crippen molar-refractivity contribution in [3.63, 3.8) is 0 Å². The maximum atomic E-state index is 5.95. The first-order chi connectivity index (χ1) is 7.66. The summed E-state index contributed by atoms with van der Waals surface area (Å²) in [5, 5.41) is 0.845. The van der Waals surface area contributed by atoms with E-state index in [0.29, 0.717) is 26.1 Å². The summed E-state index contributed by atoms with van der Waals surface area (Å²) in [6.07, 6.45) is 4.31. The Balaban J connectivity index is 2.09. The van der Waals surface area contributed by atoms with Gasteiger partial charge in [0.1, 0.15) is 16.1 Å². The summed E-state index contributed by atoms with van der Waals surface area (Å²) in [4.78, 5) is 8.42. The molecule has 0 aliphatic carbocycles. The van der Waals surface area contributed by atoms with Crippen LogP contribution in [0.4, 0.5) is 0 Å². The predicted molar refractivity (Wildman–Crippen MR) is 72.1 cm³/mol. The minimum Gasteiger partial charge on any atom is -0.378 e. The maximum Gasteiger partial charge on any atom is 0.147 e. The van der Waals surface area contributed by atoms with Gasteiger partial charge in [0.15, 0.2) is 0 Å². The van der Waals surface area contributed by atoms with Crippen molar-refractivity contribution in [2.45, 2.75) is 31.8 Å². The summed E-state index contributed by atoms with van der Waals surface area (Å²) in [5.41, 5.74) is 0. The second kappa shape index (κ2) is 5.80. The van der Waals surface area contributed by atoms with Crippen LogP contribution >= 0.6 is 45.8 Å². The molecule has 1 atom stereocenters. The largest absolute Gasteiger partial charge is 0.378 e. The molecule has 0 amide bonds. The Kier molecular flexibility index (Phi) is 4.64. The second-order valence-electron chi connectivity index (χ2n) is 3.73. The van der Waals surface area contributed by atoms with Gasteiger partial charge >= 0.3 is 0 Å². The number of nitrogens with zero attached hydrogens (tertiary/aromatic N) is 2. The Morgan fingerprint density at radius 2 is 1.94 bits per heavy atom. The van der Waals surface area contributed by atoms with Crippen LogP contribution in [0.15, 0.2) is 0 Å². The van der Waals surface area contributed by atoms with E-state index in [1.54, 1.807) is 0 Å². The lowest BCUT2D eigenvalue weighted by molar-refractivity contribution is 0.0156. The van der Waals surface area contributed by atoms with Gasteiger partial charge in [0.2, 0.25) is 0 Å². The number of hydrogen-bond acceptors (Lipinski definition) is 3. The zero-order valence-electron chi connectivity index (χ0n) is 8.55. The van der Waals surface area contributed by atoms with Gasteiger partial charge in [0.05, 0.1) is 9.67 Å². The van der Waals surface area contributed by atoms with Gasteiger partial charge in [-0.1, -0.05) is 23.2 Å². The van der Waals surface area contributed by atoms with Crippen LogP contribution in [0.5, 0.6) is 0 Å². The van der Waals surface area contributed by atoms with E-state index in [2.05, 4.69) is 9.97 Å². The monoisotopic (exact) mass is 372 g/mol. The summed E-state index contributed by atoms with van der Waals surface area (Å²) in [5.74, 6) is 0.669. The van der Waals surface area contributed by atoms with E-state index in [9.17, 15) is 0 Å². The minimum absolute atomic E-state index is 0.209. The lowest BCUT2D eigenvalue weighted by Crippen LogP contribution is -2.22. The van der Waals surface area contributed by atoms with E-state index in [-0.39, 0.29) is 6.10 Å². The van der Waals surface area contributed by atoms with Crippen LogP contribution in [0, 0.1) is 3.57 Å². The van der Waals surface area contributed by atoms with Crippen molar-refractivity contribution in [2.24, 2.45) is 0 Å². The van der Waals surface area contributed by atoms with E-state index in [1.165, 1.54) is 6.42 Å². The lowest BCUT2D eigenvalue weighted by Gasteiger charge is -2.21. The second-order valence-corrected chi connectivity index (χ2v) is 5.52. The molecule has 3 nitrogen and oxygen atoms in total. The summed E-state index contributed by atoms with van der Waals surface area (Å²) in [6.45, 7) is 0.830. The van der Waals surface area contributed by atoms with E-state index in [4.69, 9.17) is 27.9 Å². The Bertz CT molecular complexity index is 360. The number of aromatic nitrogens is 2. The van der Waals surface area contributed by atoms with E-state index in [0.717, 1.165) is 19.4 Å². The normalized spacial score (nSPS) is 21.1. The van der Waals surface area contributed by atoms with Gasteiger partial charge in [-0.3, -0.25) is 0 Å². The third kappa shape index (κ3) is 3.18. The zero-order chi connectivity index (χ0) is 11.5. The number of hydrogen-bond donors (Lipinski definition) is 0. The molecule has 1 aliphatic heterocycles. The van der Waals surface area contributed by atoms with Gasteiger partial charge in [-0.05, 0) is 41.9 Å². The minimum atomic E-state index is 0.209. The van der Waals surface area contributed by atoms with Gasteiger partial charge in [-0.15, -0.1) is 0 Å². The number of ether oxygens (including phenoxy) is 1. The zero-order valence-corrected chi connectivity index (χ0v) is 12.2. The van der Waals surface area contributed by atoms with Crippen LogP contribution < -0.4 is 0 Å². The Morgan fingerprint density at radius 1 is 1.25 bits per heavy atom. The van der Waals surface area contributed by atoms with Crippen molar-refractivity contribution in [3.05, 3.63) is 19.7 Å². The molecule has 1 fully saturated rings. The summed E-state index contributed by atoms with van der Waals surface area (Å²) >= 11 is 13.9. The van der Waals surface area contributed by atoms with Gasteiger partial charge in [0.25, 0.3) is 0 Å². The Morgan fingerprint density at radius 3 is 2.50 bits per heavy atom. The van der Waals surface area contributed by atoms with Crippen molar-refractivity contribution in [1.82, 2.24) is 9.97 Å². The molecule has 1 saturated heterocycles. The average molecular weight is 373 g/mol. The third-order valence-corrected chi connectivity index (χ3v) is 4.71. The first kappa shape index (κ1) is 12.8. The van der Waals surface area contributed by atoms with E-state index < -0.39 is 0 Å². The van der Waals surface area contributed by atoms with Gasteiger partial charge in [0, 0.05) is 13.0 Å². The molecule has 6 heteroatoms. The molecule has 0 bridgehead atoms. The van der Waals surface area contributed by atoms with Crippen LogP contribution in [0.2, 0.25) is 10.3 Å². The lowest BCUT2D eigenvalue weighted by atomic mass is 10.1. The van der Waals surface area contributed by atoms with Crippen molar-refractivity contribution in [1.29, 1.82) is 0 Å². The topological polar surface area (TPSA) is 35.0 Å². The molecule has 1 unspecified atom stereocenters. The fourth-order valence-electron chi connectivity index (χ4n) is 1.70. The number of rotatable bonds is 2. The van der Waals surface area contributed by atoms with Crippen molar-refractivity contribution < 1.29 is 4.74 Å². The molecule has 0 saturated carbocycles. The fourth-order valence-corrected chi connectivity index (χ4v) is 2.36. The van der Waals surface area contributed by atoms with Crippen LogP contribution in [0.25, 0.3) is 0 Å². The first-order valence-electron chi connectivity index (χ1n) is 5.16. The highest BCUT2D eigenvalue weighted by Crippen LogP contribution is 2.24. The molecule has 0 aromatic carbocycles. The molecule has 2 heterocycles. The Labute approximate surface area is 118 Å². The number of halogens is 3. The van der Waals surface area contributed by atoms with Crippen LogP contribution in [0.1, 0.15) is 25.1 Å². The SMILES string of the molecule is Clc1nc(CC2CCCCO2)nc(Cl)c1I. The van der Waals surface area contributed by atoms with Crippen molar-refractivity contribution >= 4 is 45.8 Å². The average Bonchev–Trinajstić information content (AvgIpc) is 2.27. The summed E-state index contributed by atoms with van der Waals surface area (Å²) in [7, 11) is 0. The van der Waals surface area contributed by atoms with E-state index in [1.807, 2.05) is 22.6 Å².